The molecule has 4 nitrogen and oxygen atoms in total. The Balaban J connectivity index is 2.42. The zero-order valence-electron chi connectivity index (χ0n) is 13.0. The van der Waals surface area contributed by atoms with Crippen molar-refractivity contribution in [2.75, 3.05) is 30.4 Å². The summed E-state index contributed by atoms with van der Waals surface area (Å²) in [6, 6.07) is 0. The molecule has 1 N–H and O–H groups in total. The molecule has 112 valence electrons. The molecular weight excluding hydrogens is 363 g/mol. The molecule has 1 aromatic rings. The largest absolute Gasteiger partial charge is 0.372 e. The molecule has 0 aromatic carbocycles. The van der Waals surface area contributed by atoms with Gasteiger partial charge in [0.15, 0.2) is 0 Å². The minimum absolute atomic E-state index is 0.0334. The fourth-order valence-electron chi connectivity index (χ4n) is 2.51. The maximum atomic E-state index is 4.88. The lowest BCUT2D eigenvalue weighted by molar-refractivity contribution is 0.561. The Bertz CT molecular complexity index is 460. The van der Waals surface area contributed by atoms with Crippen LogP contribution in [0.3, 0.4) is 0 Å². The van der Waals surface area contributed by atoms with Crippen LogP contribution in [-0.4, -0.2) is 30.1 Å². The van der Waals surface area contributed by atoms with E-state index < -0.39 is 0 Å². The molecule has 0 spiro atoms. The summed E-state index contributed by atoms with van der Waals surface area (Å²) in [6.45, 7) is 8.79. The first kappa shape index (κ1) is 15.8. The summed E-state index contributed by atoms with van der Waals surface area (Å²) < 4.78 is 1.14. The molecule has 0 amide bonds. The van der Waals surface area contributed by atoms with Crippen molar-refractivity contribution in [3.05, 3.63) is 9.26 Å². The maximum absolute atomic E-state index is 4.88. The van der Waals surface area contributed by atoms with Crippen LogP contribution in [0.1, 0.15) is 52.1 Å². The first-order valence-electron chi connectivity index (χ1n) is 7.44. The molecule has 5 heteroatoms. The van der Waals surface area contributed by atoms with Gasteiger partial charge in [-0.05, 0) is 35.4 Å². The molecule has 1 aliphatic rings. The molecule has 2 heterocycles. The Kier molecular flexibility index (Phi) is 5.09. The van der Waals surface area contributed by atoms with Crippen LogP contribution in [0.25, 0.3) is 0 Å². The van der Waals surface area contributed by atoms with Gasteiger partial charge in [0.25, 0.3) is 0 Å². The van der Waals surface area contributed by atoms with Gasteiger partial charge in [0.05, 0.1) is 9.26 Å². The highest BCUT2D eigenvalue weighted by Gasteiger charge is 2.24. The van der Waals surface area contributed by atoms with Gasteiger partial charge >= 0.3 is 0 Å². The van der Waals surface area contributed by atoms with Crippen LogP contribution in [0.4, 0.5) is 11.8 Å². The standard InChI is InChI=1S/C15H25IN4/c1-15(2,3)12-11(16)13(17-4)19-14(18-12)20-9-7-5-6-8-10-20/h5-10H2,1-4H3,(H,17,18,19). The second-order valence-corrected chi connectivity index (χ2v) is 7.51. The number of aromatic nitrogens is 2. The maximum Gasteiger partial charge on any atom is 0.227 e. The third-order valence-electron chi connectivity index (χ3n) is 3.68. The van der Waals surface area contributed by atoms with Gasteiger partial charge in [0.1, 0.15) is 5.82 Å². The Morgan fingerprint density at radius 2 is 1.65 bits per heavy atom. The van der Waals surface area contributed by atoms with Crippen LogP contribution < -0.4 is 10.2 Å². The predicted molar refractivity (Wildman–Crippen MR) is 93.7 cm³/mol. The second kappa shape index (κ2) is 6.45. The lowest BCUT2D eigenvalue weighted by Crippen LogP contribution is -2.28. The normalized spacial score (nSPS) is 16.9. The molecule has 0 radical (unpaired) electrons. The van der Waals surface area contributed by atoms with Crippen LogP contribution in [0, 0.1) is 3.57 Å². The van der Waals surface area contributed by atoms with E-state index in [4.69, 9.17) is 9.97 Å². The van der Waals surface area contributed by atoms with Crippen molar-refractivity contribution in [1.82, 2.24) is 9.97 Å². The fourth-order valence-corrected chi connectivity index (χ4v) is 3.83. The van der Waals surface area contributed by atoms with Crippen LogP contribution in [-0.2, 0) is 5.41 Å². The molecule has 0 saturated carbocycles. The lowest BCUT2D eigenvalue weighted by Gasteiger charge is -2.26. The molecular formula is C15H25IN4. The monoisotopic (exact) mass is 388 g/mol. The van der Waals surface area contributed by atoms with E-state index in [1.165, 1.54) is 25.7 Å². The van der Waals surface area contributed by atoms with Crippen molar-refractivity contribution in [3.63, 3.8) is 0 Å². The fraction of sp³-hybridized carbons (Fsp3) is 0.733. The lowest BCUT2D eigenvalue weighted by atomic mass is 9.92. The van der Waals surface area contributed by atoms with Crippen molar-refractivity contribution in [2.24, 2.45) is 0 Å². The number of anilines is 2. The van der Waals surface area contributed by atoms with Crippen LogP contribution in [0.5, 0.6) is 0 Å². The van der Waals surface area contributed by atoms with E-state index >= 15 is 0 Å². The van der Waals surface area contributed by atoms with E-state index in [0.717, 1.165) is 34.1 Å². The van der Waals surface area contributed by atoms with Crippen molar-refractivity contribution in [1.29, 1.82) is 0 Å². The SMILES string of the molecule is CNc1nc(N2CCCCCC2)nc(C(C)(C)C)c1I. The van der Waals surface area contributed by atoms with E-state index in [2.05, 4.69) is 53.6 Å². The van der Waals surface area contributed by atoms with Crippen molar-refractivity contribution >= 4 is 34.4 Å². The van der Waals surface area contributed by atoms with Crippen molar-refractivity contribution < 1.29 is 0 Å². The zero-order chi connectivity index (χ0) is 14.8. The highest BCUT2D eigenvalue weighted by Crippen LogP contribution is 2.31. The van der Waals surface area contributed by atoms with Crippen LogP contribution >= 0.6 is 22.6 Å². The highest BCUT2D eigenvalue weighted by molar-refractivity contribution is 14.1. The van der Waals surface area contributed by atoms with E-state index in [1.807, 2.05) is 7.05 Å². The van der Waals surface area contributed by atoms with E-state index in [1.54, 1.807) is 0 Å². The third-order valence-corrected chi connectivity index (χ3v) is 4.70. The summed E-state index contributed by atoms with van der Waals surface area (Å²) in [5.41, 5.74) is 1.17. The van der Waals surface area contributed by atoms with E-state index in [0.29, 0.717) is 0 Å². The number of halogens is 1. The van der Waals surface area contributed by atoms with Gasteiger partial charge in [-0.1, -0.05) is 33.6 Å². The van der Waals surface area contributed by atoms with Gasteiger partial charge in [-0.15, -0.1) is 0 Å². The molecule has 1 aliphatic heterocycles. The van der Waals surface area contributed by atoms with E-state index in [9.17, 15) is 0 Å². The number of nitrogens with one attached hydrogen (secondary N) is 1. The number of nitrogens with zero attached hydrogens (tertiary/aromatic N) is 3. The van der Waals surface area contributed by atoms with Crippen molar-refractivity contribution in [2.45, 2.75) is 51.9 Å². The first-order chi connectivity index (χ1) is 9.43. The Hall–Kier alpha value is -0.590. The average molecular weight is 388 g/mol. The van der Waals surface area contributed by atoms with Gasteiger partial charge < -0.3 is 10.2 Å². The minimum atomic E-state index is 0.0334. The molecule has 0 atom stereocenters. The predicted octanol–water partition coefficient (Wildman–Crippen LogP) is 3.80. The summed E-state index contributed by atoms with van der Waals surface area (Å²) in [7, 11) is 1.93. The van der Waals surface area contributed by atoms with Gasteiger partial charge in [-0.3, -0.25) is 0 Å². The van der Waals surface area contributed by atoms with Crippen LogP contribution in [0.15, 0.2) is 0 Å². The molecule has 1 saturated heterocycles. The summed E-state index contributed by atoms with van der Waals surface area (Å²) in [4.78, 5) is 12.0. The summed E-state index contributed by atoms with van der Waals surface area (Å²) in [5.74, 6) is 1.84. The smallest absolute Gasteiger partial charge is 0.227 e. The van der Waals surface area contributed by atoms with Gasteiger partial charge in [-0.25, -0.2) is 4.98 Å². The molecule has 1 aromatic heterocycles. The topological polar surface area (TPSA) is 41.1 Å². The first-order valence-corrected chi connectivity index (χ1v) is 8.52. The Morgan fingerprint density at radius 1 is 1.05 bits per heavy atom. The molecule has 1 fully saturated rings. The Morgan fingerprint density at radius 3 is 2.15 bits per heavy atom. The molecule has 0 aliphatic carbocycles. The summed E-state index contributed by atoms with van der Waals surface area (Å²) >= 11 is 2.36. The number of rotatable bonds is 2. The molecule has 0 unspecified atom stereocenters. The van der Waals surface area contributed by atoms with Crippen molar-refractivity contribution in [3.8, 4) is 0 Å². The Labute approximate surface area is 135 Å². The molecule has 0 bridgehead atoms. The second-order valence-electron chi connectivity index (χ2n) is 6.44. The zero-order valence-corrected chi connectivity index (χ0v) is 15.1. The quantitative estimate of drug-likeness (QED) is 0.783. The number of hydrogen-bond acceptors (Lipinski definition) is 4. The van der Waals surface area contributed by atoms with Gasteiger partial charge in [-0.2, -0.15) is 4.98 Å². The summed E-state index contributed by atoms with van der Waals surface area (Å²) in [6.07, 6.45) is 5.14. The molecule has 2 rings (SSSR count). The average Bonchev–Trinajstić information content (AvgIpc) is 2.66. The number of hydrogen-bond donors (Lipinski definition) is 1. The van der Waals surface area contributed by atoms with Gasteiger partial charge in [0, 0.05) is 25.6 Å². The molecule has 20 heavy (non-hydrogen) atoms. The minimum Gasteiger partial charge on any atom is -0.372 e. The van der Waals surface area contributed by atoms with E-state index in [-0.39, 0.29) is 5.41 Å². The van der Waals surface area contributed by atoms with Gasteiger partial charge in [0.2, 0.25) is 5.95 Å². The highest BCUT2D eigenvalue weighted by atomic mass is 127. The summed E-state index contributed by atoms with van der Waals surface area (Å²) in [5, 5.41) is 3.22. The third kappa shape index (κ3) is 3.54. The van der Waals surface area contributed by atoms with Crippen LogP contribution in [0.2, 0.25) is 0 Å².